The van der Waals surface area contributed by atoms with Gasteiger partial charge in [-0.2, -0.15) is 0 Å². The van der Waals surface area contributed by atoms with E-state index in [9.17, 15) is 28.8 Å². The van der Waals surface area contributed by atoms with Gasteiger partial charge in [0.2, 0.25) is 0 Å². The van der Waals surface area contributed by atoms with E-state index in [-0.39, 0.29) is 11.1 Å². The van der Waals surface area contributed by atoms with Gasteiger partial charge in [-0.15, -0.1) is 0 Å². The number of carbonyl (C=O) groups excluding carboxylic acids is 4. The summed E-state index contributed by atoms with van der Waals surface area (Å²) in [5, 5.41) is 16.7. The first-order chi connectivity index (χ1) is 14.0. The Hall–Kier alpha value is -4.34. The van der Waals surface area contributed by atoms with E-state index in [1.807, 2.05) is 6.07 Å². The molecule has 156 valence electrons. The Bertz CT molecular complexity index is 940. The predicted molar refractivity (Wildman–Crippen MR) is 99.4 cm³/mol. The highest BCUT2D eigenvalue weighted by Crippen LogP contribution is 2.20. The molecule has 0 radical (unpaired) electrons. The average molecular weight is 416 g/mol. The van der Waals surface area contributed by atoms with Crippen LogP contribution >= 0.6 is 0 Å². The SMILES string of the molecule is C/C(=C/C(=O)O)C(=O)OC(=O)/C(C)=C\C(=O)O.O=C1C=C(c2ccccc2)C(=O)O1. The lowest BCUT2D eigenvalue weighted by molar-refractivity contribution is -0.155. The molecule has 0 aliphatic carbocycles. The summed E-state index contributed by atoms with van der Waals surface area (Å²) in [5.74, 6) is -6.17. The molecule has 1 aliphatic heterocycles. The van der Waals surface area contributed by atoms with Crippen molar-refractivity contribution in [2.24, 2.45) is 0 Å². The zero-order valence-corrected chi connectivity index (χ0v) is 15.8. The monoisotopic (exact) mass is 416 g/mol. The molecule has 0 bridgehead atoms. The van der Waals surface area contributed by atoms with E-state index in [1.165, 1.54) is 6.08 Å². The van der Waals surface area contributed by atoms with Gasteiger partial charge < -0.3 is 19.7 Å². The number of carbonyl (C=O) groups is 6. The van der Waals surface area contributed by atoms with Crippen molar-refractivity contribution in [3.8, 4) is 0 Å². The molecule has 0 amide bonds. The third-order valence-electron chi connectivity index (χ3n) is 3.27. The van der Waals surface area contributed by atoms with Crippen molar-refractivity contribution < 1.29 is 48.5 Å². The molecule has 0 aromatic heterocycles. The first kappa shape index (κ1) is 23.7. The zero-order valence-electron chi connectivity index (χ0n) is 15.8. The zero-order chi connectivity index (χ0) is 22.8. The summed E-state index contributed by atoms with van der Waals surface area (Å²) < 4.78 is 8.59. The van der Waals surface area contributed by atoms with Gasteiger partial charge in [0, 0.05) is 29.4 Å². The number of benzene rings is 1. The van der Waals surface area contributed by atoms with Crippen molar-refractivity contribution in [1.29, 1.82) is 0 Å². The Morgan fingerprint density at radius 1 is 0.867 bits per heavy atom. The molecular weight excluding hydrogens is 400 g/mol. The summed E-state index contributed by atoms with van der Waals surface area (Å²) in [7, 11) is 0. The lowest BCUT2D eigenvalue weighted by Crippen LogP contribution is -2.15. The summed E-state index contributed by atoms with van der Waals surface area (Å²) in [6.45, 7) is 2.31. The fourth-order valence-corrected chi connectivity index (χ4v) is 1.90. The number of carboxylic acid groups (broad SMARTS) is 2. The molecule has 1 aromatic rings. The maximum absolute atomic E-state index is 11.1. The van der Waals surface area contributed by atoms with E-state index in [2.05, 4.69) is 9.47 Å². The maximum atomic E-state index is 11.1. The lowest BCUT2D eigenvalue weighted by Gasteiger charge is -2.01. The number of carboxylic acids is 2. The average Bonchev–Trinajstić information content (AvgIpc) is 3.00. The summed E-state index contributed by atoms with van der Waals surface area (Å²) in [6.07, 6.45) is 2.36. The van der Waals surface area contributed by atoms with Crippen LogP contribution in [-0.2, 0) is 38.2 Å². The molecule has 10 heteroatoms. The second-order valence-electron chi connectivity index (χ2n) is 5.64. The highest BCUT2D eigenvalue weighted by molar-refractivity contribution is 6.28. The van der Waals surface area contributed by atoms with Crippen LogP contribution in [0.4, 0.5) is 0 Å². The fourth-order valence-electron chi connectivity index (χ4n) is 1.90. The summed E-state index contributed by atoms with van der Waals surface area (Å²) >= 11 is 0. The molecule has 0 fully saturated rings. The molecular formula is C20H16O10. The van der Waals surface area contributed by atoms with Crippen molar-refractivity contribution >= 4 is 41.4 Å². The molecule has 1 aromatic carbocycles. The predicted octanol–water partition coefficient (Wildman–Crippen LogP) is 1.27. The number of ether oxygens (including phenoxy) is 2. The van der Waals surface area contributed by atoms with Crippen LogP contribution in [0.1, 0.15) is 19.4 Å². The maximum Gasteiger partial charge on any atom is 0.346 e. The van der Waals surface area contributed by atoms with E-state index in [0.29, 0.717) is 23.3 Å². The first-order valence-electron chi connectivity index (χ1n) is 8.13. The number of rotatable bonds is 5. The summed E-state index contributed by atoms with van der Waals surface area (Å²) in [6, 6.07) is 8.95. The molecule has 10 nitrogen and oxygen atoms in total. The third-order valence-corrected chi connectivity index (χ3v) is 3.27. The van der Waals surface area contributed by atoms with Crippen molar-refractivity contribution in [1.82, 2.24) is 0 Å². The number of hydrogen-bond acceptors (Lipinski definition) is 8. The second kappa shape index (κ2) is 10.9. The number of esters is 4. The van der Waals surface area contributed by atoms with E-state index in [0.717, 1.165) is 13.8 Å². The van der Waals surface area contributed by atoms with Gasteiger partial charge >= 0.3 is 35.8 Å². The molecule has 0 spiro atoms. The van der Waals surface area contributed by atoms with Gasteiger partial charge in [0.05, 0.1) is 5.57 Å². The van der Waals surface area contributed by atoms with Crippen LogP contribution in [0, 0.1) is 0 Å². The number of hydrogen-bond donors (Lipinski definition) is 2. The van der Waals surface area contributed by atoms with Crippen LogP contribution in [0.2, 0.25) is 0 Å². The minimum absolute atomic E-state index is 0.283. The smallest absolute Gasteiger partial charge is 0.346 e. The van der Waals surface area contributed by atoms with Gasteiger partial charge in [-0.25, -0.2) is 28.8 Å². The van der Waals surface area contributed by atoms with Crippen molar-refractivity contribution in [3.63, 3.8) is 0 Å². The molecule has 2 N–H and O–H groups in total. The summed E-state index contributed by atoms with van der Waals surface area (Å²) in [5.41, 5.74) is 0.465. The first-order valence-corrected chi connectivity index (χ1v) is 8.13. The van der Waals surface area contributed by atoms with Crippen molar-refractivity contribution in [2.75, 3.05) is 0 Å². The molecule has 0 saturated heterocycles. The fraction of sp³-hybridized carbons (Fsp3) is 0.100. The Morgan fingerprint density at radius 2 is 1.33 bits per heavy atom. The Kier molecular flexibility index (Phi) is 8.58. The number of aliphatic carboxylic acids is 2. The van der Waals surface area contributed by atoms with Gasteiger partial charge in [-0.3, -0.25) is 0 Å². The highest BCUT2D eigenvalue weighted by Gasteiger charge is 2.24. The minimum Gasteiger partial charge on any atom is -0.478 e. The van der Waals surface area contributed by atoms with Crippen LogP contribution in [0.15, 0.2) is 59.7 Å². The molecule has 2 rings (SSSR count). The van der Waals surface area contributed by atoms with Crippen LogP contribution in [-0.4, -0.2) is 46.0 Å². The molecule has 0 unspecified atom stereocenters. The van der Waals surface area contributed by atoms with E-state index in [1.54, 1.807) is 24.3 Å². The van der Waals surface area contributed by atoms with E-state index in [4.69, 9.17) is 10.2 Å². The Labute approximate surface area is 169 Å². The third kappa shape index (κ3) is 7.72. The van der Waals surface area contributed by atoms with E-state index < -0.39 is 35.8 Å². The molecule has 0 atom stereocenters. The van der Waals surface area contributed by atoms with Crippen LogP contribution in [0.5, 0.6) is 0 Å². The van der Waals surface area contributed by atoms with Crippen LogP contribution in [0.25, 0.3) is 5.57 Å². The minimum atomic E-state index is -1.36. The Balaban J connectivity index is 0.000000308. The van der Waals surface area contributed by atoms with Gasteiger partial charge in [-0.1, -0.05) is 30.3 Å². The standard InChI is InChI=1S/C10H10O7.C10H6O3/c1-5(3-7(11)12)9(15)17-10(16)6(2)4-8(13)14;11-9-6-8(10(12)13-9)7-4-2-1-3-5-7/h3-4H,1-2H3,(H,11,12)(H,13,14);1-6H/b5-3-,6-4-;. The van der Waals surface area contributed by atoms with Gasteiger partial charge in [-0.05, 0) is 19.4 Å². The lowest BCUT2D eigenvalue weighted by atomic mass is 10.1. The van der Waals surface area contributed by atoms with Crippen LogP contribution < -0.4 is 0 Å². The largest absolute Gasteiger partial charge is 0.478 e. The Morgan fingerprint density at radius 3 is 1.70 bits per heavy atom. The normalized spacial score (nSPS) is 13.5. The van der Waals surface area contributed by atoms with Crippen molar-refractivity contribution in [3.05, 3.63) is 65.3 Å². The van der Waals surface area contributed by atoms with Crippen LogP contribution in [0.3, 0.4) is 0 Å². The molecule has 30 heavy (non-hydrogen) atoms. The van der Waals surface area contributed by atoms with E-state index >= 15 is 0 Å². The number of cyclic esters (lactones) is 2. The second-order valence-corrected chi connectivity index (χ2v) is 5.64. The molecule has 1 aliphatic rings. The van der Waals surface area contributed by atoms with Gasteiger partial charge in [0.25, 0.3) is 0 Å². The highest BCUT2D eigenvalue weighted by atomic mass is 16.6. The molecule has 0 saturated carbocycles. The van der Waals surface area contributed by atoms with Gasteiger partial charge in [0.15, 0.2) is 0 Å². The summed E-state index contributed by atoms with van der Waals surface area (Å²) in [4.78, 5) is 64.5. The quantitative estimate of drug-likeness (QED) is 0.406. The van der Waals surface area contributed by atoms with Crippen molar-refractivity contribution in [2.45, 2.75) is 13.8 Å². The van der Waals surface area contributed by atoms with Gasteiger partial charge in [0.1, 0.15) is 0 Å². The topological polar surface area (TPSA) is 161 Å². The molecule has 1 heterocycles.